The number of hydrogen-bond acceptors (Lipinski definition) is 4. The number of anilines is 1. The van der Waals surface area contributed by atoms with Crippen LogP contribution in [0.5, 0.6) is 5.75 Å². The number of para-hydroxylation sites is 1. The lowest BCUT2D eigenvalue weighted by Crippen LogP contribution is -2.32. The molecule has 2 N–H and O–H groups in total. The Labute approximate surface area is 195 Å². The van der Waals surface area contributed by atoms with Crippen LogP contribution in [-0.2, 0) is 0 Å². The topological polar surface area (TPSA) is 76.4 Å². The van der Waals surface area contributed by atoms with Gasteiger partial charge in [0, 0.05) is 12.3 Å². The van der Waals surface area contributed by atoms with Crippen LogP contribution in [0.15, 0.2) is 36.5 Å². The van der Waals surface area contributed by atoms with Gasteiger partial charge in [0.05, 0.1) is 28.1 Å². The molecule has 0 radical (unpaired) electrons. The number of aliphatic hydroxyl groups is 1. The fourth-order valence-electron chi connectivity index (χ4n) is 3.06. The second-order valence-electron chi connectivity index (χ2n) is 7.47. The number of ether oxygens (including phenoxy) is 1. The highest BCUT2D eigenvalue weighted by atomic mass is 35.5. The van der Waals surface area contributed by atoms with Gasteiger partial charge >= 0.3 is 6.18 Å². The van der Waals surface area contributed by atoms with Gasteiger partial charge in [-0.05, 0) is 44.5 Å². The van der Waals surface area contributed by atoms with Crippen LogP contribution in [-0.4, -0.2) is 33.1 Å². The third kappa shape index (κ3) is 5.31. The van der Waals surface area contributed by atoms with Crippen LogP contribution >= 0.6 is 11.6 Å². The van der Waals surface area contributed by atoms with E-state index in [1.807, 2.05) is 0 Å². The molecule has 2 atom stereocenters. The first-order valence-corrected chi connectivity index (χ1v) is 10.2. The molecule has 2 aromatic carbocycles. The van der Waals surface area contributed by atoms with Crippen molar-refractivity contribution in [3.8, 4) is 11.4 Å². The predicted octanol–water partition coefficient (Wildman–Crippen LogP) is 5.75. The summed E-state index contributed by atoms with van der Waals surface area (Å²) in [6.45, 7) is 3.76. The number of aliphatic hydroxyl groups excluding tert-OH is 1. The van der Waals surface area contributed by atoms with E-state index < -0.39 is 52.9 Å². The SMILES string of the molecule is Cc1cn(-c2cc(O[C@@H](C)C(F)(F)F)c(C(=O)Nc3c(F)cccc3Cl)cc2F)nc1[C@H](C)O. The Morgan fingerprint density at radius 2 is 1.88 bits per heavy atom. The van der Waals surface area contributed by atoms with Crippen LogP contribution in [0.25, 0.3) is 5.69 Å². The van der Waals surface area contributed by atoms with E-state index in [0.29, 0.717) is 18.6 Å². The van der Waals surface area contributed by atoms with Crippen LogP contribution in [0.3, 0.4) is 0 Å². The molecule has 1 aromatic heterocycles. The van der Waals surface area contributed by atoms with Crippen LogP contribution in [0.4, 0.5) is 27.6 Å². The van der Waals surface area contributed by atoms with E-state index in [1.165, 1.54) is 25.3 Å². The molecule has 6 nitrogen and oxygen atoms in total. The van der Waals surface area contributed by atoms with E-state index in [2.05, 4.69) is 10.4 Å². The van der Waals surface area contributed by atoms with E-state index in [-0.39, 0.29) is 16.4 Å². The number of nitrogens with one attached hydrogen (secondary N) is 1. The number of hydrogen-bond donors (Lipinski definition) is 2. The third-order valence-corrected chi connectivity index (χ3v) is 5.15. The summed E-state index contributed by atoms with van der Waals surface area (Å²) in [6.07, 6.45) is -6.78. The molecule has 0 saturated heterocycles. The Hall–Kier alpha value is -3.18. The molecule has 0 aliphatic carbocycles. The molecule has 0 unspecified atom stereocenters. The number of nitrogens with zero attached hydrogens (tertiary/aromatic N) is 2. The monoisotopic (exact) mass is 503 g/mol. The molecule has 0 aliphatic heterocycles. The molecule has 34 heavy (non-hydrogen) atoms. The van der Waals surface area contributed by atoms with E-state index in [4.69, 9.17) is 16.3 Å². The minimum absolute atomic E-state index is 0.172. The van der Waals surface area contributed by atoms with E-state index in [1.54, 1.807) is 6.92 Å². The van der Waals surface area contributed by atoms with Crippen LogP contribution < -0.4 is 10.1 Å². The number of carbonyl (C=O) groups excluding carboxylic acids is 1. The van der Waals surface area contributed by atoms with Gasteiger partial charge in [0.2, 0.25) is 0 Å². The fraction of sp³-hybridized carbons (Fsp3) is 0.273. The summed E-state index contributed by atoms with van der Waals surface area (Å²) in [7, 11) is 0. The first kappa shape index (κ1) is 25.4. The third-order valence-electron chi connectivity index (χ3n) is 4.84. The summed E-state index contributed by atoms with van der Waals surface area (Å²) >= 11 is 5.88. The largest absolute Gasteiger partial charge is 0.480 e. The maximum Gasteiger partial charge on any atom is 0.425 e. The molecular formula is C22H19ClF5N3O3. The van der Waals surface area contributed by atoms with Crippen molar-refractivity contribution in [3.05, 3.63) is 70.0 Å². The fourth-order valence-corrected chi connectivity index (χ4v) is 3.27. The van der Waals surface area contributed by atoms with Gasteiger partial charge in [0.15, 0.2) is 6.10 Å². The molecule has 12 heteroatoms. The minimum atomic E-state index is -4.79. The van der Waals surface area contributed by atoms with Gasteiger partial charge in [-0.1, -0.05) is 17.7 Å². The van der Waals surface area contributed by atoms with Crippen LogP contribution in [0.1, 0.15) is 41.6 Å². The van der Waals surface area contributed by atoms with Crippen LogP contribution in [0, 0.1) is 18.6 Å². The van der Waals surface area contributed by atoms with Gasteiger partial charge in [-0.2, -0.15) is 18.3 Å². The number of halogens is 6. The molecule has 1 heterocycles. The summed E-state index contributed by atoms with van der Waals surface area (Å²) in [5.41, 5.74) is -0.674. The first-order chi connectivity index (χ1) is 15.8. The van der Waals surface area contributed by atoms with Gasteiger partial charge < -0.3 is 15.2 Å². The predicted molar refractivity (Wildman–Crippen MR) is 114 cm³/mol. The van der Waals surface area contributed by atoms with E-state index in [9.17, 15) is 27.5 Å². The van der Waals surface area contributed by atoms with Crippen molar-refractivity contribution in [1.82, 2.24) is 9.78 Å². The lowest BCUT2D eigenvalue weighted by atomic mass is 10.1. The molecule has 3 rings (SSSR count). The zero-order valence-corrected chi connectivity index (χ0v) is 18.8. The Kier molecular flexibility index (Phi) is 7.18. The Morgan fingerprint density at radius 1 is 1.21 bits per heavy atom. The second-order valence-corrected chi connectivity index (χ2v) is 7.88. The summed E-state index contributed by atoms with van der Waals surface area (Å²) in [6, 6.07) is 5.10. The summed E-state index contributed by atoms with van der Waals surface area (Å²) in [5.74, 6) is -3.71. The average Bonchev–Trinajstić information content (AvgIpc) is 3.12. The number of aromatic nitrogens is 2. The summed E-state index contributed by atoms with van der Waals surface area (Å²) < 4.78 is 74.5. The van der Waals surface area contributed by atoms with Gasteiger partial charge in [-0.3, -0.25) is 4.79 Å². The quantitative estimate of drug-likeness (QED) is 0.420. The highest BCUT2D eigenvalue weighted by molar-refractivity contribution is 6.34. The van der Waals surface area contributed by atoms with Gasteiger partial charge in [-0.25, -0.2) is 13.5 Å². The lowest BCUT2D eigenvalue weighted by Gasteiger charge is -2.21. The Morgan fingerprint density at radius 3 is 2.44 bits per heavy atom. The molecule has 0 saturated carbocycles. The van der Waals surface area contributed by atoms with Crippen molar-refractivity contribution in [2.75, 3.05) is 5.32 Å². The molecule has 0 fully saturated rings. The Balaban J connectivity index is 2.10. The van der Waals surface area contributed by atoms with Crippen molar-refractivity contribution < 1.29 is 36.6 Å². The molecule has 1 amide bonds. The zero-order chi connectivity index (χ0) is 25.4. The number of benzene rings is 2. The number of amides is 1. The lowest BCUT2D eigenvalue weighted by molar-refractivity contribution is -0.189. The normalized spacial score (nSPS) is 13.5. The second kappa shape index (κ2) is 9.59. The summed E-state index contributed by atoms with van der Waals surface area (Å²) in [5, 5.41) is 15.8. The number of alkyl halides is 3. The molecule has 3 aromatic rings. The van der Waals surface area contributed by atoms with Crippen LogP contribution in [0.2, 0.25) is 5.02 Å². The van der Waals surface area contributed by atoms with Gasteiger partial charge in [-0.15, -0.1) is 0 Å². The molecule has 182 valence electrons. The standard InChI is InChI=1S/C22H19ClF5N3O3/c1-10-9-31(30-19(10)11(2)32)17-8-18(34-12(3)22(26,27)28)13(7-16(17)25)21(33)29-20-14(23)5-4-6-15(20)24/h4-9,11-12,32H,1-3H3,(H,29,33)/t11-,12-/m0/s1. The highest BCUT2D eigenvalue weighted by Crippen LogP contribution is 2.33. The van der Waals surface area contributed by atoms with Crippen molar-refractivity contribution in [2.45, 2.75) is 39.2 Å². The maximum atomic E-state index is 15.0. The molecular weight excluding hydrogens is 485 g/mol. The molecule has 0 bridgehead atoms. The first-order valence-electron chi connectivity index (χ1n) is 9.86. The number of carbonyl (C=O) groups is 1. The van der Waals surface area contributed by atoms with E-state index in [0.717, 1.165) is 16.8 Å². The van der Waals surface area contributed by atoms with Crippen molar-refractivity contribution >= 4 is 23.2 Å². The minimum Gasteiger partial charge on any atom is -0.480 e. The van der Waals surface area contributed by atoms with Gasteiger partial charge in [0.25, 0.3) is 5.91 Å². The zero-order valence-electron chi connectivity index (χ0n) is 18.0. The number of aryl methyl sites for hydroxylation is 1. The van der Waals surface area contributed by atoms with Crippen molar-refractivity contribution in [2.24, 2.45) is 0 Å². The van der Waals surface area contributed by atoms with Crippen molar-refractivity contribution in [1.29, 1.82) is 0 Å². The Bertz CT molecular complexity index is 1210. The van der Waals surface area contributed by atoms with E-state index >= 15 is 4.39 Å². The highest BCUT2D eigenvalue weighted by Gasteiger charge is 2.39. The summed E-state index contributed by atoms with van der Waals surface area (Å²) in [4.78, 5) is 12.8. The molecule has 0 spiro atoms. The van der Waals surface area contributed by atoms with Gasteiger partial charge in [0.1, 0.15) is 23.1 Å². The molecule has 0 aliphatic rings. The number of rotatable bonds is 6. The average molecular weight is 504 g/mol. The smallest absolute Gasteiger partial charge is 0.425 e. The maximum absolute atomic E-state index is 15.0. The van der Waals surface area contributed by atoms with Crippen molar-refractivity contribution in [3.63, 3.8) is 0 Å².